The molecule has 0 bridgehead atoms. The maximum Gasteiger partial charge on any atom is 0.197 e. The van der Waals surface area contributed by atoms with Gasteiger partial charge in [0, 0.05) is 37.9 Å². The van der Waals surface area contributed by atoms with Crippen molar-refractivity contribution in [2.45, 2.75) is 51.7 Å². The molecular weight excluding hydrogens is 569 g/mol. The molecule has 214 valence electrons. The molecule has 0 saturated carbocycles. The molecule has 1 saturated heterocycles. The summed E-state index contributed by atoms with van der Waals surface area (Å²) >= 11 is 0. The lowest BCUT2D eigenvalue weighted by Crippen LogP contribution is -2.37. The Morgan fingerprint density at radius 3 is 2.21 bits per heavy atom. The second-order valence-corrected chi connectivity index (χ2v) is 10.8. The van der Waals surface area contributed by atoms with Crippen molar-refractivity contribution in [1.29, 1.82) is 5.41 Å². The van der Waals surface area contributed by atoms with Gasteiger partial charge in [-0.25, -0.2) is 4.39 Å². The van der Waals surface area contributed by atoms with Crippen LogP contribution in [0.15, 0.2) is 18.2 Å². The Labute approximate surface area is 240 Å². The number of methoxy groups -OCH3 is 4. The van der Waals surface area contributed by atoms with E-state index in [1.54, 1.807) is 25.2 Å². The van der Waals surface area contributed by atoms with Gasteiger partial charge in [-0.05, 0) is 42.0 Å². The molecule has 2 aromatic carbocycles. The van der Waals surface area contributed by atoms with Gasteiger partial charge in [0.05, 0.1) is 45.2 Å². The van der Waals surface area contributed by atoms with Crippen LogP contribution in [0.5, 0.6) is 17.2 Å². The molecule has 0 spiro atoms. The minimum absolute atomic E-state index is 0. The number of nitrogens with one attached hydrogen (secondary N) is 1. The largest absolute Gasteiger partial charge is 0.494 e. The number of piperidine rings is 1. The van der Waals surface area contributed by atoms with Crippen LogP contribution in [0.25, 0.3) is 0 Å². The van der Waals surface area contributed by atoms with Crippen LogP contribution < -0.4 is 19.1 Å². The van der Waals surface area contributed by atoms with Crippen molar-refractivity contribution < 1.29 is 28.1 Å². The van der Waals surface area contributed by atoms with E-state index < -0.39 is 5.82 Å². The Balaban J connectivity index is 0.00000420. The summed E-state index contributed by atoms with van der Waals surface area (Å²) in [6.45, 7) is 8.05. The van der Waals surface area contributed by atoms with Crippen LogP contribution in [0.2, 0.25) is 0 Å². The topological polar surface area (TPSA) is 84.3 Å². The highest BCUT2D eigenvalue weighted by Crippen LogP contribution is 2.42. The van der Waals surface area contributed by atoms with E-state index in [-0.39, 0.29) is 70.3 Å². The highest BCUT2D eigenvalue weighted by atomic mass is 79.9. The first-order chi connectivity index (χ1) is 18.0. The third kappa shape index (κ3) is 5.87. The maximum absolute atomic E-state index is 15.2. The van der Waals surface area contributed by atoms with Crippen molar-refractivity contribution >= 4 is 34.3 Å². The van der Waals surface area contributed by atoms with Crippen molar-refractivity contribution in [3.63, 3.8) is 0 Å². The van der Waals surface area contributed by atoms with Crippen LogP contribution in [0.3, 0.4) is 0 Å². The number of Topliss-reactive ketones (excluding diaryl/α,β-unsaturated/α-hetero) is 1. The molecule has 10 heteroatoms. The number of hydrogen-bond acceptors (Lipinski definition) is 7. The molecule has 2 heterocycles. The maximum atomic E-state index is 15.2. The number of anilines is 1. The van der Waals surface area contributed by atoms with Crippen molar-refractivity contribution in [1.82, 2.24) is 4.90 Å². The molecule has 1 fully saturated rings. The lowest BCUT2D eigenvalue weighted by Gasteiger charge is -2.35. The van der Waals surface area contributed by atoms with E-state index in [1.807, 2.05) is 12.1 Å². The molecule has 0 radical (unpaired) electrons. The van der Waals surface area contributed by atoms with E-state index in [4.69, 9.17) is 24.4 Å². The number of ether oxygens (including phenoxy) is 4. The Morgan fingerprint density at radius 1 is 1.03 bits per heavy atom. The van der Waals surface area contributed by atoms with Gasteiger partial charge in [-0.1, -0.05) is 20.8 Å². The quantitative estimate of drug-likeness (QED) is 0.404. The summed E-state index contributed by atoms with van der Waals surface area (Å²) in [5.41, 5.74) is 2.83. The SMILES string of the molecule is Br.COc1cc2c(c(F)c1OC)C(=N)N(CC(=O)c1cc(N3CCC(OC)CC3)c(OC)c(C(C)(C)C)c1)C2. The fraction of sp³-hybridized carbons (Fsp3) is 0.517. The number of carbonyl (C=O) groups excluding carboxylic acids is 1. The minimum Gasteiger partial charge on any atom is -0.494 e. The van der Waals surface area contributed by atoms with Gasteiger partial charge in [0.1, 0.15) is 11.6 Å². The third-order valence-electron chi connectivity index (χ3n) is 7.46. The normalized spacial score (nSPS) is 15.6. The van der Waals surface area contributed by atoms with Crippen molar-refractivity contribution in [3.8, 4) is 17.2 Å². The van der Waals surface area contributed by atoms with E-state index in [1.165, 1.54) is 14.2 Å². The number of rotatable bonds is 8. The summed E-state index contributed by atoms with van der Waals surface area (Å²) in [7, 11) is 6.21. The zero-order chi connectivity index (χ0) is 27.8. The smallest absolute Gasteiger partial charge is 0.197 e. The summed E-state index contributed by atoms with van der Waals surface area (Å²) in [4.78, 5) is 17.5. The predicted octanol–water partition coefficient (Wildman–Crippen LogP) is 5.37. The first-order valence-corrected chi connectivity index (χ1v) is 12.8. The second-order valence-electron chi connectivity index (χ2n) is 10.8. The van der Waals surface area contributed by atoms with E-state index in [0.29, 0.717) is 11.1 Å². The van der Waals surface area contributed by atoms with Crippen LogP contribution in [0.1, 0.15) is 60.7 Å². The Bertz CT molecular complexity index is 1240. The van der Waals surface area contributed by atoms with Crippen LogP contribution in [0, 0.1) is 11.2 Å². The predicted molar refractivity (Wildman–Crippen MR) is 155 cm³/mol. The first-order valence-electron chi connectivity index (χ1n) is 12.8. The number of halogens is 2. The van der Waals surface area contributed by atoms with Crippen LogP contribution in [-0.4, -0.2) is 70.7 Å². The van der Waals surface area contributed by atoms with Gasteiger partial charge in [-0.3, -0.25) is 10.2 Å². The van der Waals surface area contributed by atoms with Crippen LogP contribution in [-0.2, 0) is 16.7 Å². The molecule has 39 heavy (non-hydrogen) atoms. The second kappa shape index (κ2) is 12.1. The monoisotopic (exact) mass is 607 g/mol. The zero-order valence-corrected chi connectivity index (χ0v) is 25.5. The number of hydrogen-bond donors (Lipinski definition) is 1. The van der Waals surface area contributed by atoms with Crippen molar-refractivity contribution in [3.05, 3.63) is 46.3 Å². The average Bonchev–Trinajstić information content (AvgIpc) is 3.21. The molecule has 1 N–H and O–H groups in total. The van der Waals surface area contributed by atoms with E-state index in [0.717, 1.165) is 42.9 Å². The molecule has 0 unspecified atom stereocenters. The van der Waals surface area contributed by atoms with Gasteiger partial charge in [0.15, 0.2) is 23.1 Å². The van der Waals surface area contributed by atoms with Crippen molar-refractivity contribution in [2.75, 3.05) is 53.0 Å². The molecule has 8 nitrogen and oxygen atoms in total. The lowest BCUT2D eigenvalue weighted by molar-refractivity contribution is 0.0818. The van der Waals surface area contributed by atoms with Crippen LogP contribution in [0.4, 0.5) is 10.1 Å². The number of carbonyl (C=O) groups is 1. The van der Waals surface area contributed by atoms with E-state index >= 15 is 4.39 Å². The van der Waals surface area contributed by atoms with Crippen molar-refractivity contribution in [2.24, 2.45) is 0 Å². The number of benzene rings is 2. The molecule has 0 aliphatic carbocycles. The van der Waals surface area contributed by atoms with Gasteiger partial charge in [-0.15, -0.1) is 17.0 Å². The molecule has 0 amide bonds. The first kappa shape index (κ1) is 30.7. The summed E-state index contributed by atoms with van der Waals surface area (Å²) in [6.07, 6.45) is 2.01. The molecule has 2 aliphatic heterocycles. The van der Waals surface area contributed by atoms with E-state index in [9.17, 15) is 4.79 Å². The Hall–Kier alpha value is -2.85. The summed E-state index contributed by atoms with van der Waals surface area (Å²) in [6, 6.07) is 5.46. The Kier molecular flexibility index (Phi) is 9.54. The van der Waals surface area contributed by atoms with Crippen LogP contribution >= 0.6 is 17.0 Å². The molecule has 4 rings (SSSR count). The van der Waals surface area contributed by atoms with E-state index in [2.05, 4.69) is 25.7 Å². The zero-order valence-electron chi connectivity index (χ0n) is 23.8. The molecule has 2 aromatic rings. The minimum atomic E-state index is -0.650. The molecule has 0 aromatic heterocycles. The number of amidine groups is 1. The molecule has 2 aliphatic rings. The summed E-state index contributed by atoms with van der Waals surface area (Å²) in [5, 5.41) is 8.63. The number of fused-ring (bicyclic) bond motifs is 1. The standard InChI is InChI=1S/C29H38FN3O5.BrH/c1-29(2,3)20-12-17(13-21(26(20)37-6)32-10-8-19(35-4)9-11-32)22(34)16-33-15-18-14-23(36-5)27(38-7)25(30)24(18)28(33)31;/h12-14,19,31H,8-11,15-16H2,1-7H3;1H. The number of ketones is 1. The van der Waals surface area contributed by atoms with Gasteiger partial charge in [0.2, 0.25) is 0 Å². The highest BCUT2D eigenvalue weighted by Gasteiger charge is 2.34. The highest BCUT2D eigenvalue weighted by molar-refractivity contribution is 8.93. The lowest BCUT2D eigenvalue weighted by atomic mass is 9.84. The third-order valence-corrected chi connectivity index (χ3v) is 7.46. The van der Waals surface area contributed by atoms with Gasteiger partial charge in [-0.2, -0.15) is 0 Å². The van der Waals surface area contributed by atoms with Gasteiger partial charge < -0.3 is 28.7 Å². The fourth-order valence-corrected chi connectivity index (χ4v) is 5.34. The van der Waals surface area contributed by atoms with Gasteiger partial charge in [0.25, 0.3) is 0 Å². The summed E-state index contributed by atoms with van der Waals surface area (Å²) < 4.78 is 37.1. The number of nitrogens with zero attached hydrogens (tertiary/aromatic N) is 2. The Morgan fingerprint density at radius 2 is 1.67 bits per heavy atom. The molecular formula is C29H39BrFN3O5. The average molecular weight is 609 g/mol. The summed E-state index contributed by atoms with van der Waals surface area (Å²) in [5.74, 6) is 0.143. The molecule has 0 atom stereocenters. The van der Waals surface area contributed by atoms with Gasteiger partial charge >= 0.3 is 0 Å². The fourth-order valence-electron chi connectivity index (χ4n) is 5.34.